The Bertz CT molecular complexity index is 368. The van der Waals surface area contributed by atoms with E-state index in [1.165, 1.54) is 0 Å². The molecule has 0 spiro atoms. The first kappa shape index (κ1) is 7.53. The van der Waals surface area contributed by atoms with Gasteiger partial charge in [0.15, 0.2) is 0 Å². The van der Waals surface area contributed by atoms with Crippen LogP contribution in [0.15, 0.2) is 24.3 Å². The molecule has 66 valence electrons. The van der Waals surface area contributed by atoms with Gasteiger partial charge in [-0.2, -0.15) is 5.21 Å². The molecule has 0 unspecified atom stereocenters. The predicted octanol–water partition coefficient (Wildman–Crippen LogP) is 0.574. The minimum absolute atomic E-state index is 0.185. The molecule has 6 heteroatoms. The second-order valence-electron chi connectivity index (χ2n) is 2.37. The van der Waals surface area contributed by atoms with Crippen molar-refractivity contribution in [2.75, 3.05) is 5.73 Å². The lowest BCUT2D eigenvalue weighted by Gasteiger charge is -1.99. The van der Waals surface area contributed by atoms with Gasteiger partial charge in [0.1, 0.15) is 5.75 Å². The van der Waals surface area contributed by atoms with E-state index in [0.29, 0.717) is 11.4 Å². The van der Waals surface area contributed by atoms with E-state index in [9.17, 15) is 0 Å². The summed E-state index contributed by atoms with van der Waals surface area (Å²) in [6.07, 6.45) is 0. The molecule has 0 aliphatic heterocycles. The van der Waals surface area contributed by atoms with Gasteiger partial charge in [-0.25, -0.2) is 0 Å². The van der Waals surface area contributed by atoms with Crippen molar-refractivity contribution < 1.29 is 4.74 Å². The Morgan fingerprint density at radius 3 is 2.62 bits per heavy atom. The van der Waals surface area contributed by atoms with Crippen LogP contribution >= 0.6 is 0 Å². The van der Waals surface area contributed by atoms with Crippen LogP contribution in [0.4, 0.5) is 5.69 Å². The molecular weight excluding hydrogens is 170 g/mol. The number of aromatic amines is 1. The topological polar surface area (TPSA) is 89.7 Å². The number of anilines is 1. The third kappa shape index (κ3) is 1.73. The molecule has 1 heterocycles. The van der Waals surface area contributed by atoms with Crippen molar-refractivity contribution in [3.8, 4) is 11.8 Å². The summed E-state index contributed by atoms with van der Waals surface area (Å²) in [6.45, 7) is 0. The molecule has 2 aromatic rings. The number of hydrogen-bond donors (Lipinski definition) is 2. The van der Waals surface area contributed by atoms with E-state index in [1.54, 1.807) is 24.3 Å². The van der Waals surface area contributed by atoms with Gasteiger partial charge in [-0.05, 0) is 29.5 Å². The highest BCUT2D eigenvalue weighted by molar-refractivity contribution is 5.42. The molecule has 6 nitrogen and oxygen atoms in total. The molecule has 0 radical (unpaired) electrons. The fraction of sp³-hybridized carbons (Fsp3) is 0. The third-order valence-electron chi connectivity index (χ3n) is 1.42. The van der Waals surface area contributed by atoms with Crippen molar-refractivity contribution in [3.63, 3.8) is 0 Å². The van der Waals surface area contributed by atoms with E-state index in [0.717, 1.165) is 0 Å². The normalized spacial score (nSPS) is 9.85. The second kappa shape index (κ2) is 3.10. The van der Waals surface area contributed by atoms with Crippen LogP contribution in [0.25, 0.3) is 0 Å². The molecule has 1 aromatic heterocycles. The molecule has 0 bridgehead atoms. The third-order valence-corrected chi connectivity index (χ3v) is 1.42. The quantitative estimate of drug-likeness (QED) is 0.654. The maximum absolute atomic E-state index is 5.49. The van der Waals surface area contributed by atoms with Gasteiger partial charge in [-0.15, -0.1) is 0 Å². The van der Waals surface area contributed by atoms with Crippen LogP contribution in [-0.2, 0) is 0 Å². The number of hydrogen-bond acceptors (Lipinski definition) is 5. The van der Waals surface area contributed by atoms with Gasteiger partial charge in [0.05, 0.1) is 0 Å². The number of rotatable bonds is 2. The smallest absolute Gasteiger partial charge is 0.361 e. The lowest BCUT2D eigenvalue weighted by atomic mass is 10.3. The Morgan fingerprint density at radius 1 is 1.23 bits per heavy atom. The van der Waals surface area contributed by atoms with Gasteiger partial charge in [0.2, 0.25) is 0 Å². The number of ether oxygens (including phenoxy) is 1. The Morgan fingerprint density at radius 2 is 2.00 bits per heavy atom. The Kier molecular flexibility index (Phi) is 1.79. The Balaban J connectivity index is 2.15. The van der Waals surface area contributed by atoms with E-state index in [1.807, 2.05) is 0 Å². The van der Waals surface area contributed by atoms with Crippen LogP contribution in [0.3, 0.4) is 0 Å². The summed E-state index contributed by atoms with van der Waals surface area (Å²) in [6, 6.07) is 7.10. The number of nitrogens with two attached hydrogens (primary N) is 1. The highest BCUT2D eigenvalue weighted by Gasteiger charge is 1.99. The van der Waals surface area contributed by atoms with Crippen LogP contribution in [0.1, 0.15) is 0 Å². The van der Waals surface area contributed by atoms with Crippen LogP contribution in [0.5, 0.6) is 11.8 Å². The maximum atomic E-state index is 5.49. The summed E-state index contributed by atoms with van der Waals surface area (Å²) in [5.74, 6) is 0.621. The molecule has 0 aliphatic carbocycles. The molecule has 0 saturated heterocycles. The van der Waals surface area contributed by atoms with E-state index in [4.69, 9.17) is 10.5 Å². The molecule has 2 rings (SSSR count). The largest absolute Gasteiger partial charge is 0.422 e. The number of nitrogens with one attached hydrogen (secondary N) is 1. The van der Waals surface area contributed by atoms with Gasteiger partial charge < -0.3 is 10.5 Å². The molecule has 0 atom stereocenters. The van der Waals surface area contributed by atoms with E-state index in [-0.39, 0.29) is 6.01 Å². The summed E-state index contributed by atoms with van der Waals surface area (Å²) in [4.78, 5) is 0. The number of nitrogens with zero attached hydrogens (tertiary/aromatic N) is 3. The van der Waals surface area contributed by atoms with Crippen molar-refractivity contribution in [1.29, 1.82) is 0 Å². The zero-order chi connectivity index (χ0) is 9.10. The van der Waals surface area contributed by atoms with Crippen LogP contribution in [-0.4, -0.2) is 20.6 Å². The summed E-state index contributed by atoms with van der Waals surface area (Å²) in [5.41, 5.74) is 6.18. The van der Waals surface area contributed by atoms with E-state index < -0.39 is 0 Å². The zero-order valence-electron chi connectivity index (χ0n) is 6.64. The highest BCUT2D eigenvalue weighted by Crippen LogP contribution is 2.17. The van der Waals surface area contributed by atoms with Crippen molar-refractivity contribution in [3.05, 3.63) is 24.3 Å². The molecule has 0 fully saturated rings. The molecular formula is C7H7N5O. The Labute approximate surface area is 73.7 Å². The average molecular weight is 177 g/mol. The van der Waals surface area contributed by atoms with E-state index >= 15 is 0 Å². The molecule has 0 saturated carbocycles. The molecule has 3 N–H and O–H groups in total. The SMILES string of the molecule is Nc1ccc(Oc2nn[nH]n2)cc1. The van der Waals surface area contributed by atoms with E-state index in [2.05, 4.69) is 20.6 Å². The first-order valence-corrected chi connectivity index (χ1v) is 3.61. The average Bonchev–Trinajstić information content (AvgIpc) is 2.62. The molecule has 0 aliphatic rings. The highest BCUT2D eigenvalue weighted by atomic mass is 16.5. The van der Waals surface area contributed by atoms with Gasteiger partial charge in [-0.3, -0.25) is 0 Å². The number of benzene rings is 1. The van der Waals surface area contributed by atoms with Crippen molar-refractivity contribution in [1.82, 2.24) is 20.6 Å². The molecule has 0 amide bonds. The van der Waals surface area contributed by atoms with Gasteiger partial charge in [0, 0.05) is 5.69 Å². The monoisotopic (exact) mass is 177 g/mol. The lowest BCUT2D eigenvalue weighted by Crippen LogP contribution is -1.87. The van der Waals surface area contributed by atoms with Gasteiger partial charge >= 0.3 is 6.01 Å². The van der Waals surface area contributed by atoms with Crippen molar-refractivity contribution in [2.24, 2.45) is 0 Å². The van der Waals surface area contributed by atoms with Gasteiger partial charge in [0.25, 0.3) is 0 Å². The van der Waals surface area contributed by atoms with Crippen molar-refractivity contribution in [2.45, 2.75) is 0 Å². The van der Waals surface area contributed by atoms with Crippen molar-refractivity contribution >= 4 is 5.69 Å². The van der Waals surface area contributed by atoms with Gasteiger partial charge in [-0.1, -0.05) is 10.2 Å². The minimum Gasteiger partial charge on any atom is -0.422 e. The fourth-order valence-electron chi connectivity index (χ4n) is 0.837. The first-order chi connectivity index (χ1) is 6.34. The number of tetrazole rings is 1. The predicted molar refractivity (Wildman–Crippen MR) is 45.1 cm³/mol. The fourth-order valence-corrected chi connectivity index (χ4v) is 0.837. The number of aromatic nitrogens is 4. The van der Waals surface area contributed by atoms with Crippen LogP contribution in [0, 0.1) is 0 Å². The lowest BCUT2D eigenvalue weighted by molar-refractivity contribution is 0.442. The first-order valence-electron chi connectivity index (χ1n) is 3.61. The summed E-state index contributed by atoms with van der Waals surface area (Å²) in [7, 11) is 0. The Hall–Kier alpha value is -2.11. The standard InChI is InChI=1S/C7H7N5O/c8-5-1-3-6(4-2-5)13-7-9-11-12-10-7/h1-4H,8H2,(H,9,10,11,12). The van der Waals surface area contributed by atoms with Crippen LogP contribution < -0.4 is 10.5 Å². The molecule has 1 aromatic carbocycles. The second-order valence-corrected chi connectivity index (χ2v) is 2.37. The zero-order valence-corrected chi connectivity index (χ0v) is 6.64. The summed E-state index contributed by atoms with van der Waals surface area (Å²) < 4.78 is 5.20. The number of H-pyrrole nitrogens is 1. The molecule has 13 heavy (non-hydrogen) atoms. The summed E-state index contributed by atoms with van der Waals surface area (Å²) >= 11 is 0. The summed E-state index contributed by atoms with van der Waals surface area (Å²) in [5, 5.41) is 12.9. The minimum atomic E-state index is 0.185. The van der Waals surface area contributed by atoms with Crippen LogP contribution in [0.2, 0.25) is 0 Å². The number of nitrogen functional groups attached to an aromatic ring is 1. The maximum Gasteiger partial charge on any atom is 0.361 e.